The number of pyridine rings is 1. The number of primary sulfonamides is 1. The van der Waals surface area contributed by atoms with Crippen LogP contribution in [0.25, 0.3) is 0 Å². The summed E-state index contributed by atoms with van der Waals surface area (Å²) in [4.78, 5) is 3.88. The van der Waals surface area contributed by atoms with E-state index in [4.69, 9.17) is 10.9 Å². The van der Waals surface area contributed by atoms with Crippen molar-refractivity contribution >= 4 is 21.4 Å². The molecule has 0 atom stereocenters. The summed E-state index contributed by atoms with van der Waals surface area (Å²) in [6.07, 6.45) is 4.23. The first-order chi connectivity index (χ1) is 9.48. The molecule has 0 bridgehead atoms. The maximum absolute atomic E-state index is 11.4. The summed E-state index contributed by atoms with van der Waals surface area (Å²) in [7, 11) is -3.81. The first kappa shape index (κ1) is 14.3. The molecule has 6 nitrogen and oxygen atoms in total. The number of anilines is 2. The van der Waals surface area contributed by atoms with Crippen molar-refractivity contribution in [2.24, 2.45) is 5.14 Å². The van der Waals surface area contributed by atoms with Gasteiger partial charge in [0.05, 0.1) is 11.4 Å². The highest BCUT2D eigenvalue weighted by Crippen LogP contribution is 2.25. The third kappa shape index (κ3) is 3.46. The molecule has 2 rings (SSSR count). The summed E-state index contributed by atoms with van der Waals surface area (Å²) in [6.45, 7) is 0.627. The lowest BCUT2D eigenvalue weighted by molar-refractivity contribution is 0.598. The fraction of sp³-hybridized carbons (Fsp3) is 0.154. The molecule has 2 aromatic rings. The predicted molar refractivity (Wildman–Crippen MR) is 78.7 cm³/mol. The Kier molecular flexibility index (Phi) is 4.21. The van der Waals surface area contributed by atoms with Gasteiger partial charge < -0.3 is 11.1 Å². The molecular formula is C13H16N4O2S. The molecule has 1 heterocycles. The average Bonchev–Trinajstić information content (AvgIpc) is 2.40. The van der Waals surface area contributed by atoms with Gasteiger partial charge in [0.25, 0.3) is 0 Å². The maximum atomic E-state index is 11.4. The quantitative estimate of drug-likeness (QED) is 0.711. The Morgan fingerprint density at radius 3 is 2.50 bits per heavy atom. The van der Waals surface area contributed by atoms with Crippen LogP contribution in [-0.2, 0) is 16.4 Å². The number of nitrogens with two attached hydrogens (primary N) is 2. The number of para-hydroxylation sites is 1. The van der Waals surface area contributed by atoms with Gasteiger partial charge in [-0.15, -0.1) is 0 Å². The van der Waals surface area contributed by atoms with Gasteiger partial charge in [-0.25, -0.2) is 13.6 Å². The molecule has 20 heavy (non-hydrogen) atoms. The second-order valence-electron chi connectivity index (χ2n) is 4.29. The topological polar surface area (TPSA) is 111 Å². The first-order valence-electron chi connectivity index (χ1n) is 6.02. The Bertz CT molecular complexity index is 687. The third-order valence-electron chi connectivity index (χ3n) is 2.85. The van der Waals surface area contributed by atoms with E-state index in [-0.39, 0.29) is 10.6 Å². The molecule has 0 fully saturated rings. The molecule has 0 unspecified atom stereocenters. The normalized spacial score (nSPS) is 11.2. The number of rotatable bonds is 5. The number of aromatic nitrogens is 1. The summed E-state index contributed by atoms with van der Waals surface area (Å²) in [6, 6.07) is 8.55. The lowest BCUT2D eigenvalue weighted by Crippen LogP contribution is -2.16. The van der Waals surface area contributed by atoms with Crippen LogP contribution in [0.5, 0.6) is 0 Å². The smallest absolute Gasteiger partial charge is 0.240 e. The number of benzene rings is 1. The summed E-state index contributed by atoms with van der Waals surface area (Å²) < 4.78 is 22.7. The van der Waals surface area contributed by atoms with Crippen LogP contribution in [0.15, 0.2) is 47.6 Å². The molecule has 0 aliphatic heterocycles. The van der Waals surface area contributed by atoms with Crippen LogP contribution in [0.4, 0.5) is 11.4 Å². The van der Waals surface area contributed by atoms with Crippen LogP contribution < -0.4 is 16.2 Å². The van der Waals surface area contributed by atoms with Crippen molar-refractivity contribution < 1.29 is 8.42 Å². The summed E-state index contributed by atoms with van der Waals surface area (Å²) in [5.41, 5.74) is 7.65. The zero-order valence-electron chi connectivity index (χ0n) is 10.8. The molecule has 106 valence electrons. The molecule has 0 aliphatic rings. The van der Waals surface area contributed by atoms with Crippen molar-refractivity contribution in [3.63, 3.8) is 0 Å². The summed E-state index contributed by atoms with van der Waals surface area (Å²) >= 11 is 0. The van der Waals surface area contributed by atoms with Crippen LogP contribution in [0.1, 0.15) is 5.56 Å². The predicted octanol–water partition coefficient (Wildman–Crippen LogP) is 0.966. The molecule has 0 saturated carbocycles. The minimum absolute atomic E-state index is 0.0635. The van der Waals surface area contributed by atoms with E-state index in [1.165, 1.54) is 6.07 Å². The number of nitrogen functional groups attached to an aromatic ring is 1. The zero-order chi connectivity index (χ0) is 14.6. The van der Waals surface area contributed by atoms with Gasteiger partial charge >= 0.3 is 0 Å². The van der Waals surface area contributed by atoms with Gasteiger partial charge in [-0.3, -0.25) is 4.98 Å². The lowest BCUT2D eigenvalue weighted by Gasteiger charge is -2.11. The van der Waals surface area contributed by atoms with Gasteiger partial charge in [0.2, 0.25) is 10.0 Å². The van der Waals surface area contributed by atoms with E-state index >= 15 is 0 Å². The van der Waals surface area contributed by atoms with Gasteiger partial charge in [-0.1, -0.05) is 6.07 Å². The highest BCUT2D eigenvalue weighted by molar-refractivity contribution is 7.89. The van der Waals surface area contributed by atoms with Crippen molar-refractivity contribution in [3.8, 4) is 0 Å². The van der Waals surface area contributed by atoms with Crippen LogP contribution in [-0.4, -0.2) is 19.9 Å². The molecule has 1 aromatic heterocycles. The van der Waals surface area contributed by atoms with Crippen LogP contribution in [0, 0.1) is 0 Å². The van der Waals surface area contributed by atoms with Gasteiger partial charge in [-0.2, -0.15) is 0 Å². The summed E-state index contributed by atoms with van der Waals surface area (Å²) in [5, 5.41) is 8.21. The van der Waals surface area contributed by atoms with Crippen LogP contribution >= 0.6 is 0 Å². The number of hydrogen-bond donors (Lipinski definition) is 3. The first-order valence-corrected chi connectivity index (χ1v) is 7.57. The Balaban J connectivity index is 2.07. The zero-order valence-corrected chi connectivity index (χ0v) is 11.6. The van der Waals surface area contributed by atoms with E-state index in [1.54, 1.807) is 24.5 Å². The van der Waals surface area contributed by atoms with Crippen molar-refractivity contribution in [3.05, 3.63) is 48.3 Å². The second kappa shape index (κ2) is 5.89. The monoisotopic (exact) mass is 292 g/mol. The maximum Gasteiger partial charge on any atom is 0.240 e. The minimum Gasteiger partial charge on any atom is -0.396 e. The molecule has 0 radical (unpaired) electrons. The number of hydrogen-bond acceptors (Lipinski definition) is 5. The van der Waals surface area contributed by atoms with E-state index in [1.807, 2.05) is 12.1 Å². The van der Waals surface area contributed by atoms with Gasteiger partial charge in [-0.05, 0) is 36.2 Å². The fourth-order valence-electron chi connectivity index (χ4n) is 1.84. The number of sulfonamides is 1. The van der Waals surface area contributed by atoms with Crippen LogP contribution in [0.2, 0.25) is 0 Å². The fourth-order valence-corrected chi connectivity index (χ4v) is 2.52. The largest absolute Gasteiger partial charge is 0.396 e. The molecule has 0 amide bonds. The molecule has 5 N–H and O–H groups in total. The van der Waals surface area contributed by atoms with Crippen molar-refractivity contribution in [1.29, 1.82) is 0 Å². The molecule has 0 aliphatic carbocycles. The number of nitrogens with zero attached hydrogens (tertiary/aromatic N) is 1. The van der Waals surface area contributed by atoms with Crippen LogP contribution in [0.3, 0.4) is 0 Å². The standard InChI is InChI=1S/C13H16N4O2S/c14-13-11(2-1-3-12(13)20(15,18)19)17-9-6-10-4-7-16-8-5-10/h1-5,7-8,17H,6,9,14H2,(H2,15,18,19). The van der Waals surface area contributed by atoms with E-state index in [9.17, 15) is 8.42 Å². The summed E-state index contributed by atoms with van der Waals surface area (Å²) in [5.74, 6) is 0. The molecule has 7 heteroatoms. The minimum atomic E-state index is -3.81. The highest BCUT2D eigenvalue weighted by Gasteiger charge is 2.14. The Morgan fingerprint density at radius 2 is 1.85 bits per heavy atom. The molecule has 0 spiro atoms. The SMILES string of the molecule is Nc1c(NCCc2ccncc2)cccc1S(N)(=O)=O. The van der Waals surface area contributed by atoms with Gasteiger partial charge in [0.15, 0.2) is 0 Å². The van der Waals surface area contributed by atoms with E-state index < -0.39 is 10.0 Å². The highest BCUT2D eigenvalue weighted by atomic mass is 32.2. The Morgan fingerprint density at radius 1 is 1.15 bits per heavy atom. The molecular weight excluding hydrogens is 276 g/mol. The lowest BCUT2D eigenvalue weighted by atomic mass is 10.2. The Hall–Kier alpha value is -2.12. The van der Waals surface area contributed by atoms with E-state index in [0.717, 1.165) is 12.0 Å². The van der Waals surface area contributed by atoms with Crippen molar-refractivity contribution in [2.75, 3.05) is 17.6 Å². The van der Waals surface area contributed by atoms with Gasteiger partial charge in [0, 0.05) is 18.9 Å². The average molecular weight is 292 g/mol. The van der Waals surface area contributed by atoms with Gasteiger partial charge in [0.1, 0.15) is 4.90 Å². The molecule has 0 saturated heterocycles. The third-order valence-corrected chi connectivity index (χ3v) is 3.82. The van der Waals surface area contributed by atoms with Crippen molar-refractivity contribution in [1.82, 2.24) is 4.98 Å². The van der Waals surface area contributed by atoms with Crippen molar-refractivity contribution in [2.45, 2.75) is 11.3 Å². The second-order valence-corrected chi connectivity index (χ2v) is 5.82. The number of nitrogens with one attached hydrogen (secondary N) is 1. The van der Waals surface area contributed by atoms with E-state index in [0.29, 0.717) is 12.2 Å². The van der Waals surface area contributed by atoms with E-state index in [2.05, 4.69) is 10.3 Å². The molecule has 1 aromatic carbocycles. The Labute approximate surface area is 117 Å².